The van der Waals surface area contributed by atoms with Crippen LogP contribution in [-0.2, 0) is 11.3 Å². The molecule has 0 saturated heterocycles. The molecular weight excluding hydrogens is 190 g/mol. The van der Waals surface area contributed by atoms with Crippen molar-refractivity contribution in [2.24, 2.45) is 5.92 Å². The molecule has 1 amide bonds. The first-order valence-electron chi connectivity index (χ1n) is 5.28. The van der Waals surface area contributed by atoms with Crippen LogP contribution in [0.1, 0.15) is 26.5 Å². The highest BCUT2D eigenvalue weighted by molar-refractivity contribution is 5.76. The molecule has 1 heterocycles. The molecule has 0 aromatic carbocycles. The van der Waals surface area contributed by atoms with Crippen molar-refractivity contribution in [3.8, 4) is 0 Å². The zero-order valence-corrected chi connectivity index (χ0v) is 9.82. The van der Waals surface area contributed by atoms with Gasteiger partial charge in [-0.15, -0.1) is 0 Å². The molecule has 1 aromatic heterocycles. The summed E-state index contributed by atoms with van der Waals surface area (Å²) < 4.78 is 1.70. The zero-order valence-electron chi connectivity index (χ0n) is 9.82. The number of hydrogen-bond acceptors (Lipinski definition) is 2. The molecule has 1 aromatic rings. The van der Waals surface area contributed by atoms with Crippen LogP contribution in [0.4, 0.5) is 0 Å². The number of aromatic nitrogens is 2. The molecular formula is C11H19N3O. The Morgan fingerprint density at radius 2 is 2.20 bits per heavy atom. The summed E-state index contributed by atoms with van der Waals surface area (Å²) in [6, 6.07) is 2.09. The molecule has 84 valence electrons. The average molecular weight is 209 g/mol. The predicted octanol–water partition coefficient (Wildman–Crippen LogP) is 1.35. The van der Waals surface area contributed by atoms with Crippen LogP contribution in [-0.4, -0.2) is 21.7 Å². The van der Waals surface area contributed by atoms with Gasteiger partial charge in [-0.1, -0.05) is 13.8 Å². The second-order valence-electron chi connectivity index (χ2n) is 4.23. The number of nitrogens with one attached hydrogen (secondary N) is 1. The van der Waals surface area contributed by atoms with E-state index in [0.717, 1.165) is 5.69 Å². The van der Waals surface area contributed by atoms with Crippen LogP contribution in [0.2, 0.25) is 0 Å². The Balaban J connectivity index is 2.47. The maximum Gasteiger partial charge on any atom is 0.241 e. The SMILES string of the molecule is Cc1ccnn1CC(=O)NC(C)C(C)C. The van der Waals surface area contributed by atoms with E-state index in [1.165, 1.54) is 0 Å². The highest BCUT2D eigenvalue weighted by Gasteiger charge is 2.11. The number of amides is 1. The van der Waals surface area contributed by atoms with Gasteiger partial charge in [0, 0.05) is 17.9 Å². The van der Waals surface area contributed by atoms with E-state index in [2.05, 4.69) is 24.3 Å². The van der Waals surface area contributed by atoms with E-state index in [-0.39, 0.29) is 11.9 Å². The highest BCUT2D eigenvalue weighted by atomic mass is 16.2. The van der Waals surface area contributed by atoms with E-state index < -0.39 is 0 Å². The monoisotopic (exact) mass is 209 g/mol. The number of aryl methyl sites for hydroxylation is 1. The van der Waals surface area contributed by atoms with Crippen LogP contribution in [0.3, 0.4) is 0 Å². The van der Waals surface area contributed by atoms with Crippen LogP contribution >= 0.6 is 0 Å². The maximum atomic E-state index is 11.6. The lowest BCUT2D eigenvalue weighted by Gasteiger charge is -2.17. The molecule has 4 nitrogen and oxygen atoms in total. The molecule has 0 fully saturated rings. The van der Waals surface area contributed by atoms with Crippen LogP contribution in [0, 0.1) is 12.8 Å². The summed E-state index contributed by atoms with van der Waals surface area (Å²) in [5.74, 6) is 0.468. The molecule has 0 radical (unpaired) electrons. The summed E-state index contributed by atoms with van der Waals surface area (Å²) in [4.78, 5) is 11.6. The third kappa shape index (κ3) is 3.38. The largest absolute Gasteiger partial charge is 0.352 e. The van der Waals surface area contributed by atoms with Gasteiger partial charge in [0.15, 0.2) is 0 Å². The zero-order chi connectivity index (χ0) is 11.4. The van der Waals surface area contributed by atoms with Gasteiger partial charge in [-0.3, -0.25) is 9.48 Å². The lowest BCUT2D eigenvalue weighted by atomic mass is 10.1. The highest BCUT2D eigenvalue weighted by Crippen LogP contribution is 2.00. The van der Waals surface area contributed by atoms with E-state index in [0.29, 0.717) is 12.5 Å². The van der Waals surface area contributed by atoms with Crippen LogP contribution < -0.4 is 5.32 Å². The van der Waals surface area contributed by atoms with E-state index in [4.69, 9.17) is 0 Å². The topological polar surface area (TPSA) is 46.9 Å². The van der Waals surface area contributed by atoms with Gasteiger partial charge in [0.25, 0.3) is 0 Å². The van der Waals surface area contributed by atoms with Crippen molar-refractivity contribution in [1.82, 2.24) is 15.1 Å². The minimum Gasteiger partial charge on any atom is -0.352 e. The van der Waals surface area contributed by atoms with Gasteiger partial charge in [-0.05, 0) is 25.8 Å². The predicted molar refractivity (Wildman–Crippen MR) is 59.4 cm³/mol. The van der Waals surface area contributed by atoms with E-state index in [1.807, 2.05) is 19.9 Å². The van der Waals surface area contributed by atoms with Crippen LogP contribution in [0.5, 0.6) is 0 Å². The standard InChI is InChI=1S/C11H19N3O/c1-8(2)10(4)13-11(15)7-14-9(3)5-6-12-14/h5-6,8,10H,7H2,1-4H3,(H,13,15). The number of hydrogen-bond donors (Lipinski definition) is 1. The van der Waals surface area contributed by atoms with Crippen molar-refractivity contribution < 1.29 is 4.79 Å². The molecule has 0 aliphatic carbocycles. The van der Waals surface area contributed by atoms with Crippen molar-refractivity contribution in [2.75, 3.05) is 0 Å². The molecule has 1 N–H and O–H groups in total. The van der Waals surface area contributed by atoms with E-state index >= 15 is 0 Å². The molecule has 1 atom stereocenters. The first kappa shape index (κ1) is 11.8. The van der Waals surface area contributed by atoms with E-state index in [9.17, 15) is 4.79 Å². The molecule has 15 heavy (non-hydrogen) atoms. The molecule has 0 saturated carbocycles. The summed E-state index contributed by atoms with van der Waals surface area (Å²) in [5.41, 5.74) is 1.00. The summed E-state index contributed by atoms with van der Waals surface area (Å²) >= 11 is 0. The van der Waals surface area contributed by atoms with Crippen molar-refractivity contribution in [1.29, 1.82) is 0 Å². The van der Waals surface area contributed by atoms with Crippen molar-refractivity contribution in [3.05, 3.63) is 18.0 Å². The lowest BCUT2D eigenvalue weighted by molar-refractivity contribution is -0.122. The molecule has 1 rings (SSSR count). The van der Waals surface area contributed by atoms with Crippen molar-refractivity contribution >= 4 is 5.91 Å². The molecule has 4 heteroatoms. The molecule has 0 spiro atoms. The Labute approximate surface area is 90.7 Å². The summed E-state index contributed by atoms with van der Waals surface area (Å²) in [6.07, 6.45) is 1.70. The summed E-state index contributed by atoms with van der Waals surface area (Å²) in [5, 5.41) is 7.01. The summed E-state index contributed by atoms with van der Waals surface area (Å²) in [6.45, 7) is 8.43. The molecule has 0 aliphatic heterocycles. The van der Waals surface area contributed by atoms with Gasteiger partial charge in [-0.25, -0.2) is 0 Å². The fraction of sp³-hybridized carbons (Fsp3) is 0.636. The number of carbonyl (C=O) groups is 1. The minimum absolute atomic E-state index is 0.0167. The number of carbonyl (C=O) groups excluding carboxylic acids is 1. The maximum absolute atomic E-state index is 11.6. The number of nitrogens with zero attached hydrogens (tertiary/aromatic N) is 2. The van der Waals surface area contributed by atoms with Crippen LogP contribution in [0.15, 0.2) is 12.3 Å². The molecule has 0 bridgehead atoms. The Morgan fingerprint density at radius 3 is 2.67 bits per heavy atom. The second-order valence-corrected chi connectivity index (χ2v) is 4.23. The number of rotatable bonds is 4. The Bertz CT molecular complexity index is 330. The van der Waals surface area contributed by atoms with Crippen molar-refractivity contribution in [2.45, 2.75) is 40.3 Å². The normalized spacial score (nSPS) is 12.9. The smallest absolute Gasteiger partial charge is 0.241 e. The van der Waals surface area contributed by atoms with Gasteiger partial charge < -0.3 is 5.32 Å². The lowest BCUT2D eigenvalue weighted by Crippen LogP contribution is -2.38. The molecule has 0 aliphatic rings. The second kappa shape index (κ2) is 4.96. The van der Waals surface area contributed by atoms with Crippen molar-refractivity contribution in [3.63, 3.8) is 0 Å². The van der Waals surface area contributed by atoms with Gasteiger partial charge in [0.1, 0.15) is 6.54 Å². The van der Waals surface area contributed by atoms with Gasteiger partial charge in [0.05, 0.1) is 0 Å². The molecule has 1 unspecified atom stereocenters. The summed E-state index contributed by atoms with van der Waals surface area (Å²) in [7, 11) is 0. The quantitative estimate of drug-likeness (QED) is 0.813. The van der Waals surface area contributed by atoms with Gasteiger partial charge in [-0.2, -0.15) is 5.10 Å². The fourth-order valence-corrected chi connectivity index (χ4v) is 1.17. The first-order valence-corrected chi connectivity index (χ1v) is 5.28. The Morgan fingerprint density at radius 1 is 1.53 bits per heavy atom. The Kier molecular flexibility index (Phi) is 3.88. The first-order chi connectivity index (χ1) is 7.00. The minimum atomic E-state index is 0.0167. The third-order valence-electron chi connectivity index (χ3n) is 2.61. The fourth-order valence-electron chi connectivity index (χ4n) is 1.17. The Hall–Kier alpha value is -1.32. The van der Waals surface area contributed by atoms with Gasteiger partial charge >= 0.3 is 0 Å². The average Bonchev–Trinajstić information content (AvgIpc) is 2.51. The van der Waals surface area contributed by atoms with Gasteiger partial charge in [0.2, 0.25) is 5.91 Å². The van der Waals surface area contributed by atoms with Crippen LogP contribution in [0.25, 0.3) is 0 Å². The van der Waals surface area contributed by atoms with E-state index in [1.54, 1.807) is 10.9 Å². The third-order valence-corrected chi connectivity index (χ3v) is 2.61.